The third-order valence-corrected chi connectivity index (χ3v) is 7.30. The number of nitrogens with zero attached hydrogens (tertiary/aromatic N) is 2. The molecule has 0 spiro atoms. The van der Waals surface area contributed by atoms with Crippen molar-refractivity contribution in [1.29, 1.82) is 0 Å². The second-order valence-corrected chi connectivity index (χ2v) is 11.4. The monoisotopic (exact) mass is 585 g/mol. The van der Waals surface area contributed by atoms with Crippen molar-refractivity contribution in [3.63, 3.8) is 0 Å². The quantitative estimate of drug-likeness (QED) is 0.431. The first-order valence-electron chi connectivity index (χ1n) is 10.8. The van der Waals surface area contributed by atoms with Crippen LogP contribution in [0.15, 0.2) is 48.5 Å². The Hall–Kier alpha value is -2.14. The summed E-state index contributed by atoms with van der Waals surface area (Å²) in [6.45, 7) is 7.30. The number of halogens is 1. The number of aryl methyl sites for hydroxylation is 1. The second-order valence-electron chi connectivity index (χ2n) is 8.25. The fraction of sp³-hybridized carbons (Fsp3) is 0.417. The summed E-state index contributed by atoms with van der Waals surface area (Å²) in [4.78, 5) is 27.7. The number of sulfonamides is 1. The predicted octanol–water partition coefficient (Wildman–Crippen LogP) is 3.70. The lowest BCUT2D eigenvalue weighted by Crippen LogP contribution is -2.52. The van der Waals surface area contributed by atoms with E-state index >= 15 is 0 Å². The molecule has 2 atom stereocenters. The van der Waals surface area contributed by atoms with E-state index in [2.05, 4.69) is 27.9 Å². The molecule has 0 saturated heterocycles. The minimum atomic E-state index is -3.72. The zero-order chi connectivity index (χ0) is 24.8. The Morgan fingerprint density at radius 2 is 1.61 bits per heavy atom. The van der Waals surface area contributed by atoms with Crippen LogP contribution < -0.4 is 9.62 Å². The van der Waals surface area contributed by atoms with Crippen LogP contribution in [-0.4, -0.2) is 50.0 Å². The molecule has 0 radical (unpaired) electrons. The molecular weight excluding hydrogens is 553 g/mol. The first-order chi connectivity index (χ1) is 15.4. The normalized spacial score (nSPS) is 13.2. The van der Waals surface area contributed by atoms with Crippen LogP contribution in [0.3, 0.4) is 0 Å². The van der Waals surface area contributed by atoms with Gasteiger partial charge in [0.2, 0.25) is 21.8 Å². The molecule has 2 aromatic carbocycles. The van der Waals surface area contributed by atoms with Gasteiger partial charge >= 0.3 is 0 Å². The number of nitrogens with one attached hydrogen (secondary N) is 1. The molecule has 0 fully saturated rings. The topological polar surface area (TPSA) is 86.8 Å². The highest BCUT2D eigenvalue weighted by Gasteiger charge is 2.30. The number of carbonyl (C=O) groups excluding carboxylic acids is 2. The van der Waals surface area contributed by atoms with Gasteiger partial charge in [0.15, 0.2) is 0 Å². The molecule has 33 heavy (non-hydrogen) atoms. The first kappa shape index (κ1) is 27.1. The number of amides is 2. The Morgan fingerprint density at radius 3 is 2.12 bits per heavy atom. The molecule has 0 unspecified atom stereocenters. The minimum Gasteiger partial charge on any atom is -0.352 e. The molecular formula is C24H32IN3O4S. The zero-order valence-corrected chi connectivity index (χ0v) is 22.7. The molecule has 2 amide bonds. The van der Waals surface area contributed by atoms with E-state index in [1.807, 2.05) is 45.0 Å². The van der Waals surface area contributed by atoms with Gasteiger partial charge in [-0.15, -0.1) is 0 Å². The molecule has 2 aromatic rings. The maximum Gasteiger partial charge on any atom is 0.244 e. The number of rotatable bonds is 10. The molecule has 0 bridgehead atoms. The summed E-state index contributed by atoms with van der Waals surface area (Å²) < 4.78 is 27.1. The SMILES string of the molecule is CC[C@H](C)NC(=O)[C@H](C)N(Cc1ccc(C)cc1)C(=O)CN(c1ccc(I)cc1)S(C)(=O)=O. The number of benzene rings is 2. The summed E-state index contributed by atoms with van der Waals surface area (Å²) >= 11 is 2.13. The summed E-state index contributed by atoms with van der Waals surface area (Å²) in [5, 5.41) is 2.92. The number of hydrogen-bond donors (Lipinski definition) is 1. The van der Waals surface area contributed by atoms with E-state index in [0.717, 1.165) is 31.7 Å². The van der Waals surface area contributed by atoms with E-state index in [9.17, 15) is 18.0 Å². The highest BCUT2D eigenvalue weighted by molar-refractivity contribution is 14.1. The molecule has 180 valence electrons. The molecule has 9 heteroatoms. The molecule has 1 N–H and O–H groups in total. The Bertz CT molecular complexity index is 1060. The van der Waals surface area contributed by atoms with E-state index in [4.69, 9.17) is 0 Å². The van der Waals surface area contributed by atoms with Gasteiger partial charge in [-0.25, -0.2) is 8.42 Å². The van der Waals surface area contributed by atoms with Gasteiger partial charge in [-0.3, -0.25) is 13.9 Å². The second kappa shape index (κ2) is 11.8. The van der Waals surface area contributed by atoms with Gasteiger partial charge in [0.05, 0.1) is 11.9 Å². The van der Waals surface area contributed by atoms with Crippen LogP contribution in [0, 0.1) is 10.5 Å². The smallest absolute Gasteiger partial charge is 0.244 e. The Morgan fingerprint density at radius 1 is 1.03 bits per heavy atom. The maximum atomic E-state index is 13.5. The number of anilines is 1. The van der Waals surface area contributed by atoms with Crippen molar-refractivity contribution in [2.45, 2.75) is 52.7 Å². The lowest BCUT2D eigenvalue weighted by Gasteiger charge is -2.32. The molecule has 7 nitrogen and oxygen atoms in total. The van der Waals surface area contributed by atoms with Crippen molar-refractivity contribution >= 4 is 50.1 Å². The average Bonchev–Trinajstić information content (AvgIpc) is 2.76. The van der Waals surface area contributed by atoms with E-state index < -0.39 is 28.5 Å². The zero-order valence-electron chi connectivity index (χ0n) is 19.7. The van der Waals surface area contributed by atoms with Gasteiger partial charge in [0, 0.05) is 16.2 Å². The maximum absolute atomic E-state index is 13.5. The summed E-state index contributed by atoms with van der Waals surface area (Å²) in [5.41, 5.74) is 2.34. The minimum absolute atomic E-state index is 0.0319. The van der Waals surface area contributed by atoms with Gasteiger partial charge in [0.25, 0.3) is 0 Å². The third-order valence-electron chi connectivity index (χ3n) is 5.44. The predicted molar refractivity (Wildman–Crippen MR) is 140 cm³/mol. The van der Waals surface area contributed by atoms with Crippen LogP contribution in [0.25, 0.3) is 0 Å². The fourth-order valence-corrected chi connectivity index (χ4v) is 4.37. The van der Waals surface area contributed by atoms with Gasteiger partial charge in [0.1, 0.15) is 12.6 Å². The van der Waals surface area contributed by atoms with Crippen molar-refractivity contribution < 1.29 is 18.0 Å². The first-order valence-corrected chi connectivity index (χ1v) is 13.7. The van der Waals surface area contributed by atoms with Crippen molar-refractivity contribution in [1.82, 2.24) is 10.2 Å². The Labute approximate surface area is 210 Å². The van der Waals surface area contributed by atoms with Crippen LogP contribution in [0.5, 0.6) is 0 Å². The molecule has 0 aliphatic carbocycles. The molecule has 0 heterocycles. The summed E-state index contributed by atoms with van der Waals surface area (Å²) in [7, 11) is -3.72. The van der Waals surface area contributed by atoms with Crippen LogP contribution in [0.1, 0.15) is 38.3 Å². The standard InChI is InChI=1S/C24H32IN3O4S/c1-6-18(3)26-24(30)19(4)27(15-20-9-7-17(2)8-10-20)23(29)16-28(33(5,31)32)22-13-11-21(25)12-14-22/h7-14,18-19H,6,15-16H2,1-5H3,(H,26,30)/t18-,19-/m0/s1. The van der Waals surface area contributed by atoms with E-state index in [1.165, 1.54) is 4.90 Å². The highest BCUT2D eigenvalue weighted by atomic mass is 127. The fourth-order valence-electron chi connectivity index (χ4n) is 3.16. The highest BCUT2D eigenvalue weighted by Crippen LogP contribution is 2.20. The molecule has 0 aliphatic heterocycles. The van der Waals surface area contributed by atoms with E-state index in [0.29, 0.717) is 5.69 Å². The molecule has 0 saturated carbocycles. The molecule has 2 rings (SSSR count). The molecule has 0 aromatic heterocycles. The van der Waals surface area contributed by atoms with Crippen LogP contribution in [0.2, 0.25) is 0 Å². The summed E-state index contributed by atoms with van der Waals surface area (Å²) in [6.07, 6.45) is 1.83. The summed E-state index contributed by atoms with van der Waals surface area (Å²) in [6, 6.07) is 13.8. The van der Waals surface area contributed by atoms with E-state index in [-0.39, 0.29) is 18.5 Å². The Kier molecular flexibility index (Phi) is 9.71. The van der Waals surface area contributed by atoms with Crippen molar-refractivity contribution in [3.8, 4) is 0 Å². The van der Waals surface area contributed by atoms with Crippen molar-refractivity contribution in [2.24, 2.45) is 0 Å². The van der Waals surface area contributed by atoms with Crippen LogP contribution in [-0.2, 0) is 26.2 Å². The van der Waals surface area contributed by atoms with E-state index in [1.54, 1.807) is 31.2 Å². The van der Waals surface area contributed by atoms with Crippen molar-refractivity contribution in [3.05, 3.63) is 63.2 Å². The summed E-state index contributed by atoms with van der Waals surface area (Å²) in [5.74, 6) is -0.726. The van der Waals surface area contributed by atoms with Gasteiger partial charge < -0.3 is 10.2 Å². The molecule has 0 aliphatic rings. The average molecular weight is 586 g/mol. The lowest BCUT2D eigenvalue weighted by molar-refractivity contribution is -0.139. The van der Waals surface area contributed by atoms with Gasteiger partial charge in [-0.1, -0.05) is 36.8 Å². The number of hydrogen-bond acceptors (Lipinski definition) is 4. The van der Waals surface area contributed by atoms with Gasteiger partial charge in [-0.05, 0) is 79.6 Å². The van der Waals surface area contributed by atoms with Crippen LogP contribution >= 0.6 is 22.6 Å². The Balaban J connectivity index is 2.36. The van der Waals surface area contributed by atoms with Crippen LogP contribution in [0.4, 0.5) is 5.69 Å². The largest absolute Gasteiger partial charge is 0.352 e. The lowest BCUT2D eigenvalue weighted by atomic mass is 10.1. The third kappa shape index (κ3) is 7.99. The van der Waals surface area contributed by atoms with Crippen molar-refractivity contribution in [2.75, 3.05) is 17.1 Å². The van der Waals surface area contributed by atoms with Gasteiger partial charge in [-0.2, -0.15) is 0 Å². The number of carbonyl (C=O) groups is 2.